The van der Waals surface area contributed by atoms with E-state index < -0.39 is 32.5 Å². The smallest absolute Gasteiger partial charge is 0.306 e. The van der Waals surface area contributed by atoms with Gasteiger partial charge in [0.15, 0.2) is 0 Å². The number of phosphoric acid groups is 1. The van der Waals surface area contributed by atoms with Crippen molar-refractivity contribution in [2.75, 3.05) is 40.9 Å². The maximum Gasteiger partial charge on any atom is 0.306 e. The fourth-order valence-corrected chi connectivity index (χ4v) is 8.24. The molecule has 3 atom stereocenters. The Kier molecular flexibility index (Phi) is 48.8. The number of unbranched alkanes of at least 4 members (excludes halogenated alkanes) is 18. The number of quaternary nitrogens is 1. The van der Waals surface area contributed by atoms with Gasteiger partial charge in [-0.1, -0.05) is 214 Å². The molecule has 0 fully saturated rings. The molecule has 3 unspecified atom stereocenters. The molecule has 0 aromatic carbocycles. The third-order valence-corrected chi connectivity index (χ3v) is 12.9. The summed E-state index contributed by atoms with van der Waals surface area (Å²) in [6, 6.07) is -0.942. The van der Waals surface area contributed by atoms with Gasteiger partial charge in [-0.15, -0.1) is 0 Å². The van der Waals surface area contributed by atoms with Crippen molar-refractivity contribution < 1.29 is 37.3 Å². The van der Waals surface area contributed by atoms with Gasteiger partial charge >= 0.3 is 5.97 Å². The lowest BCUT2D eigenvalue weighted by Crippen LogP contribution is -2.47. The predicted octanol–water partition coefficient (Wildman–Crippen LogP) is 16.7. The van der Waals surface area contributed by atoms with Crippen LogP contribution < -0.4 is 10.2 Å². The second-order valence-corrected chi connectivity index (χ2v) is 21.5. The number of esters is 1. The number of nitrogens with one attached hydrogen (secondary N) is 1. The van der Waals surface area contributed by atoms with Crippen molar-refractivity contribution in [1.82, 2.24) is 5.32 Å². The first-order valence-electron chi connectivity index (χ1n) is 28.7. The van der Waals surface area contributed by atoms with E-state index in [1.807, 2.05) is 33.3 Å². The van der Waals surface area contributed by atoms with Crippen molar-refractivity contribution >= 4 is 19.7 Å². The average Bonchev–Trinajstić information content (AvgIpc) is 3.34. The van der Waals surface area contributed by atoms with Crippen LogP contribution in [0.25, 0.3) is 0 Å². The Bertz CT molecular complexity index is 1600. The Hall–Kier alpha value is -3.33. The quantitative estimate of drug-likeness (QED) is 0.0212. The van der Waals surface area contributed by atoms with E-state index in [9.17, 15) is 19.0 Å². The summed E-state index contributed by atoms with van der Waals surface area (Å²) in [5.41, 5.74) is 0. The Labute approximate surface area is 442 Å². The summed E-state index contributed by atoms with van der Waals surface area (Å²) < 4.78 is 30.1. The van der Waals surface area contributed by atoms with Crippen molar-refractivity contribution in [3.63, 3.8) is 0 Å². The van der Waals surface area contributed by atoms with Crippen molar-refractivity contribution in [1.29, 1.82) is 0 Å². The molecule has 0 aromatic heterocycles. The molecule has 1 amide bonds. The third kappa shape index (κ3) is 51.6. The number of carbonyl (C=O) groups excluding carboxylic acids is 2. The topological polar surface area (TPSA) is 114 Å². The number of hydrogen-bond donors (Lipinski definition) is 1. The molecule has 0 aliphatic rings. The molecule has 1 N–H and O–H groups in total. The van der Waals surface area contributed by atoms with Gasteiger partial charge in [0.1, 0.15) is 19.3 Å². The van der Waals surface area contributed by atoms with E-state index >= 15 is 0 Å². The van der Waals surface area contributed by atoms with Gasteiger partial charge in [-0.05, 0) is 102 Å². The SMILES string of the molecule is CC/C=C\C/C=C\C/C=C\C/C=C\C/C=C\C/C=C\CCCCC(=O)OC(/C=C\CCCCCCCCCCCC)C(COP(=O)([O-])OCC[N+](C)(C)C)NC(=O)CC/C=C/C/C=C\CCCCCCCC. The Morgan fingerprint density at radius 1 is 0.500 bits per heavy atom. The number of phosphoric ester groups is 1. The van der Waals surface area contributed by atoms with Gasteiger partial charge in [0.2, 0.25) is 5.91 Å². The van der Waals surface area contributed by atoms with Crippen LogP contribution in [0.3, 0.4) is 0 Å². The lowest BCUT2D eigenvalue weighted by atomic mass is 10.1. The lowest BCUT2D eigenvalue weighted by Gasteiger charge is -2.30. The molecule has 10 heteroatoms. The van der Waals surface area contributed by atoms with E-state index in [0.29, 0.717) is 23.9 Å². The minimum atomic E-state index is -4.72. The number of ether oxygens (including phenoxy) is 1. The Morgan fingerprint density at radius 2 is 0.903 bits per heavy atom. The van der Waals surface area contributed by atoms with Gasteiger partial charge in [0.05, 0.1) is 33.8 Å². The van der Waals surface area contributed by atoms with E-state index in [4.69, 9.17) is 13.8 Å². The van der Waals surface area contributed by atoms with Crippen molar-refractivity contribution in [2.24, 2.45) is 0 Å². The number of carbonyl (C=O) groups is 2. The molecule has 0 aliphatic heterocycles. The van der Waals surface area contributed by atoms with E-state index in [1.54, 1.807) is 6.08 Å². The molecule has 412 valence electrons. The zero-order valence-corrected chi connectivity index (χ0v) is 47.7. The van der Waals surface area contributed by atoms with E-state index in [2.05, 4.69) is 117 Å². The minimum Gasteiger partial charge on any atom is -0.756 e. The van der Waals surface area contributed by atoms with Crippen LogP contribution in [0, 0.1) is 0 Å². The first kappa shape index (κ1) is 68.7. The number of hydrogen-bond acceptors (Lipinski definition) is 7. The van der Waals surface area contributed by atoms with Crippen LogP contribution in [0.2, 0.25) is 0 Å². The molecular formula is C62H107N2O7P. The van der Waals surface area contributed by atoms with E-state index in [0.717, 1.165) is 83.5 Å². The summed E-state index contributed by atoms with van der Waals surface area (Å²) in [6.45, 7) is 6.62. The summed E-state index contributed by atoms with van der Waals surface area (Å²) in [5, 5.41) is 2.96. The van der Waals surface area contributed by atoms with E-state index in [-0.39, 0.29) is 25.4 Å². The number of likely N-dealkylation sites (N-methyl/N-ethyl adjacent to an activating group) is 1. The maximum absolute atomic E-state index is 13.4. The maximum atomic E-state index is 13.4. The van der Waals surface area contributed by atoms with Gasteiger partial charge in [0.25, 0.3) is 7.82 Å². The van der Waals surface area contributed by atoms with Crippen molar-refractivity contribution in [3.05, 3.63) is 109 Å². The van der Waals surface area contributed by atoms with Crippen LogP contribution in [0.5, 0.6) is 0 Å². The predicted molar refractivity (Wildman–Crippen MR) is 307 cm³/mol. The standard InChI is InChI=1S/C62H107N2O7P/c1-7-10-13-16-19-22-25-28-29-30-31-32-33-34-35-37-40-43-46-49-52-55-62(66)71-60(53-50-47-44-41-38-27-24-21-18-15-12-9-3)59(58-70-72(67,68)69-57-56-64(4,5)6)63-61(65)54-51-48-45-42-39-36-26-23-20-17-14-11-8-2/h10,13,19,22,28-29,31-32,34-36,39-40,43,45,48,50,53,59-60H,7-9,11-12,14-18,20-21,23-27,30,33,37-38,41-42,44,46-47,49,51-52,54-58H2,1-6H3,(H-,63,65,67,68)/b13-10-,22-19-,29-28-,32-31-,35-34-,39-36-,43-40-,48-45+,53-50-. The average molecular weight is 1020 g/mol. The van der Waals surface area contributed by atoms with Crippen LogP contribution in [-0.2, 0) is 27.9 Å². The normalized spacial score (nSPS) is 14.6. The lowest BCUT2D eigenvalue weighted by molar-refractivity contribution is -0.870. The number of rotatable bonds is 50. The van der Waals surface area contributed by atoms with Crippen LogP contribution in [0.4, 0.5) is 0 Å². The highest BCUT2D eigenvalue weighted by Crippen LogP contribution is 2.38. The zero-order chi connectivity index (χ0) is 52.9. The molecule has 0 bridgehead atoms. The third-order valence-electron chi connectivity index (χ3n) is 12.0. The van der Waals surface area contributed by atoms with Crippen LogP contribution in [-0.4, -0.2) is 69.4 Å². The molecule has 9 nitrogen and oxygen atoms in total. The number of allylic oxidation sites excluding steroid dienone is 17. The van der Waals surface area contributed by atoms with Gasteiger partial charge in [-0.2, -0.15) is 0 Å². The molecule has 0 heterocycles. The molecular weight excluding hydrogens is 916 g/mol. The number of amides is 1. The molecule has 0 aromatic rings. The van der Waals surface area contributed by atoms with Gasteiger partial charge in [0, 0.05) is 12.8 Å². The second-order valence-electron chi connectivity index (χ2n) is 20.1. The van der Waals surface area contributed by atoms with Crippen LogP contribution in [0.15, 0.2) is 109 Å². The monoisotopic (exact) mass is 1020 g/mol. The molecule has 72 heavy (non-hydrogen) atoms. The molecule has 0 rings (SSSR count). The fourth-order valence-electron chi connectivity index (χ4n) is 7.51. The highest BCUT2D eigenvalue weighted by molar-refractivity contribution is 7.45. The second kappa shape index (κ2) is 51.2. The Morgan fingerprint density at radius 3 is 1.36 bits per heavy atom. The molecule has 0 spiro atoms. The summed E-state index contributed by atoms with van der Waals surface area (Å²) in [4.78, 5) is 39.8. The Balaban J connectivity index is 5.47. The summed E-state index contributed by atoms with van der Waals surface area (Å²) in [6.07, 6.45) is 69.3. The summed E-state index contributed by atoms with van der Waals surface area (Å²) in [5.74, 6) is -0.679. The fraction of sp³-hybridized carbons (Fsp3) is 0.677. The molecule has 0 saturated heterocycles. The number of nitrogens with zero attached hydrogens (tertiary/aromatic N) is 1. The zero-order valence-electron chi connectivity index (χ0n) is 46.8. The summed E-state index contributed by atoms with van der Waals surface area (Å²) >= 11 is 0. The first-order chi connectivity index (χ1) is 34.9. The van der Waals surface area contributed by atoms with Crippen LogP contribution in [0.1, 0.15) is 220 Å². The van der Waals surface area contributed by atoms with Gasteiger partial charge < -0.3 is 28.5 Å². The van der Waals surface area contributed by atoms with Crippen molar-refractivity contribution in [3.8, 4) is 0 Å². The first-order valence-corrected chi connectivity index (χ1v) is 30.2. The highest BCUT2D eigenvalue weighted by Gasteiger charge is 2.27. The van der Waals surface area contributed by atoms with Crippen LogP contribution >= 0.6 is 7.82 Å². The van der Waals surface area contributed by atoms with E-state index in [1.165, 1.54) is 89.9 Å². The molecule has 0 radical (unpaired) electrons. The van der Waals surface area contributed by atoms with Crippen molar-refractivity contribution in [2.45, 2.75) is 232 Å². The molecule has 0 aliphatic carbocycles. The highest BCUT2D eigenvalue weighted by atomic mass is 31.2. The largest absolute Gasteiger partial charge is 0.756 e. The molecule has 0 saturated carbocycles. The summed E-state index contributed by atoms with van der Waals surface area (Å²) in [7, 11) is 1.11. The van der Waals surface area contributed by atoms with Gasteiger partial charge in [-0.25, -0.2) is 0 Å². The van der Waals surface area contributed by atoms with Gasteiger partial charge in [-0.3, -0.25) is 14.2 Å². The minimum absolute atomic E-state index is 0.0440.